The number of hydrogen-bond acceptors (Lipinski definition) is 0. The molecule has 0 saturated heterocycles. The average Bonchev–Trinajstić information content (AvgIpc) is 2.55. The monoisotopic (exact) mass is 185 g/mol. The van der Waals surface area contributed by atoms with Gasteiger partial charge in [-0.2, -0.15) is 0 Å². The van der Waals surface area contributed by atoms with Gasteiger partial charge in [-0.25, -0.2) is 0 Å². The maximum absolute atomic E-state index is 2.38. The maximum Gasteiger partial charge on any atom is 0.0482 e. The van der Waals surface area contributed by atoms with Crippen LogP contribution in [0.15, 0.2) is 24.3 Å². The van der Waals surface area contributed by atoms with E-state index in [0.717, 1.165) is 0 Å². The van der Waals surface area contributed by atoms with Gasteiger partial charge in [0, 0.05) is 23.6 Å². The zero-order chi connectivity index (χ0) is 9.54. The average molecular weight is 185 g/mol. The summed E-state index contributed by atoms with van der Waals surface area (Å²) in [6.45, 7) is 0. The molecule has 0 unspecified atom stereocenters. The van der Waals surface area contributed by atoms with Crippen molar-refractivity contribution < 1.29 is 0 Å². The van der Waals surface area contributed by atoms with Crippen molar-refractivity contribution in [1.29, 1.82) is 0 Å². The van der Waals surface area contributed by atoms with Crippen LogP contribution in [-0.4, -0.2) is 4.57 Å². The first-order valence-electron chi connectivity index (χ1n) is 5.43. The molecule has 0 saturated carbocycles. The summed E-state index contributed by atoms with van der Waals surface area (Å²) in [6.07, 6.45) is 5.26. The van der Waals surface area contributed by atoms with Crippen molar-refractivity contribution in [3.8, 4) is 0 Å². The van der Waals surface area contributed by atoms with Crippen molar-refractivity contribution in [3.63, 3.8) is 0 Å². The van der Waals surface area contributed by atoms with Crippen LogP contribution in [0, 0.1) is 0 Å². The summed E-state index contributed by atoms with van der Waals surface area (Å²) in [4.78, 5) is 0. The number of aromatic nitrogens is 1. The molecule has 1 heterocycles. The normalized spacial score (nSPS) is 15.8. The number of rotatable bonds is 0. The van der Waals surface area contributed by atoms with Crippen LogP contribution in [0.3, 0.4) is 0 Å². The van der Waals surface area contributed by atoms with Crippen molar-refractivity contribution in [2.24, 2.45) is 7.05 Å². The Labute approximate surface area is 84.4 Å². The molecule has 0 N–H and O–H groups in total. The second kappa shape index (κ2) is 2.88. The van der Waals surface area contributed by atoms with E-state index < -0.39 is 0 Å². The van der Waals surface area contributed by atoms with E-state index >= 15 is 0 Å². The molecule has 1 aliphatic carbocycles. The highest BCUT2D eigenvalue weighted by Gasteiger charge is 2.17. The molecule has 0 aliphatic heterocycles. The van der Waals surface area contributed by atoms with Crippen LogP contribution in [0.5, 0.6) is 0 Å². The molecular weight excluding hydrogens is 170 g/mol. The Hall–Kier alpha value is -1.24. The number of fused-ring (bicyclic) bond motifs is 3. The molecule has 0 spiro atoms. The summed E-state index contributed by atoms with van der Waals surface area (Å²) >= 11 is 0. The first kappa shape index (κ1) is 8.10. The van der Waals surface area contributed by atoms with E-state index in [-0.39, 0.29) is 0 Å². The maximum atomic E-state index is 2.38. The molecule has 1 heteroatoms. The number of para-hydroxylation sites is 1. The smallest absolute Gasteiger partial charge is 0.0482 e. The lowest BCUT2D eigenvalue weighted by molar-refractivity contribution is 0.653. The van der Waals surface area contributed by atoms with Gasteiger partial charge >= 0.3 is 0 Å². The van der Waals surface area contributed by atoms with E-state index in [9.17, 15) is 0 Å². The van der Waals surface area contributed by atoms with E-state index in [1.54, 1.807) is 11.3 Å². The Kier molecular flexibility index (Phi) is 1.66. The number of nitrogens with zero attached hydrogens (tertiary/aromatic N) is 1. The minimum absolute atomic E-state index is 1.26. The fourth-order valence-electron chi connectivity index (χ4n) is 2.72. The van der Waals surface area contributed by atoms with Crippen LogP contribution in [0.1, 0.15) is 24.1 Å². The molecule has 0 amide bonds. The van der Waals surface area contributed by atoms with Crippen molar-refractivity contribution in [2.75, 3.05) is 0 Å². The summed E-state index contributed by atoms with van der Waals surface area (Å²) < 4.78 is 2.38. The SMILES string of the molecule is Cn1c2c(c3ccccc31)CCCC2. The van der Waals surface area contributed by atoms with Gasteiger partial charge in [0.1, 0.15) is 0 Å². The van der Waals surface area contributed by atoms with Gasteiger partial charge in [0.2, 0.25) is 0 Å². The third kappa shape index (κ3) is 0.955. The first-order valence-corrected chi connectivity index (χ1v) is 5.43. The quantitative estimate of drug-likeness (QED) is 0.594. The summed E-state index contributed by atoms with van der Waals surface area (Å²) in [7, 11) is 2.20. The lowest BCUT2D eigenvalue weighted by atomic mass is 9.96. The van der Waals surface area contributed by atoms with Crippen LogP contribution in [0.4, 0.5) is 0 Å². The Morgan fingerprint density at radius 2 is 1.86 bits per heavy atom. The molecule has 0 fully saturated rings. The Balaban J connectivity index is 2.41. The standard InChI is InChI=1S/C13H15N/c1-14-12-8-4-2-6-10(12)11-7-3-5-9-13(11)14/h2,4,6,8H,3,5,7,9H2,1H3. The molecule has 3 rings (SSSR count). The summed E-state index contributed by atoms with van der Waals surface area (Å²) in [5.41, 5.74) is 4.58. The van der Waals surface area contributed by atoms with Gasteiger partial charge in [0.25, 0.3) is 0 Å². The summed E-state index contributed by atoms with van der Waals surface area (Å²) in [6, 6.07) is 8.78. The molecule has 1 aliphatic rings. The van der Waals surface area contributed by atoms with Gasteiger partial charge < -0.3 is 4.57 Å². The van der Waals surface area contributed by atoms with Crippen molar-refractivity contribution in [1.82, 2.24) is 4.57 Å². The highest BCUT2D eigenvalue weighted by Crippen LogP contribution is 2.30. The molecule has 0 bridgehead atoms. The third-order valence-corrected chi connectivity index (χ3v) is 3.43. The predicted octanol–water partition coefficient (Wildman–Crippen LogP) is 3.06. The highest BCUT2D eigenvalue weighted by molar-refractivity contribution is 5.85. The van der Waals surface area contributed by atoms with Crippen molar-refractivity contribution in [3.05, 3.63) is 35.5 Å². The molecule has 1 nitrogen and oxygen atoms in total. The third-order valence-electron chi connectivity index (χ3n) is 3.43. The van der Waals surface area contributed by atoms with Crippen LogP contribution in [0.25, 0.3) is 10.9 Å². The minimum Gasteiger partial charge on any atom is -0.347 e. The summed E-state index contributed by atoms with van der Waals surface area (Å²) in [5.74, 6) is 0. The van der Waals surface area contributed by atoms with E-state index in [1.165, 1.54) is 36.6 Å². The van der Waals surface area contributed by atoms with Crippen molar-refractivity contribution in [2.45, 2.75) is 25.7 Å². The van der Waals surface area contributed by atoms with Crippen LogP contribution < -0.4 is 0 Å². The first-order chi connectivity index (χ1) is 6.88. The Bertz CT molecular complexity index is 479. The fourth-order valence-corrected chi connectivity index (χ4v) is 2.72. The largest absolute Gasteiger partial charge is 0.347 e. The molecule has 72 valence electrons. The van der Waals surface area contributed by atoms with Gasteiger partial charge in [0.15, 0.2) is 0 Å². The summed E-state index contributed by atoms with van der Waals surface area (Å²) in [5, 5.41) is 1.48. The predicted molar refractivity (Wildman–Crippen MR) is 59.6 cm³/mol. The molecule has 1 aromatic carbocycles. The fraction of sp³-hybridized carbons (Fsp3) is 0.385. The lowest BCUT2D eigenvalue weighted by Crippen LogP contribution is -2.04. The second-order valence-electron chi connectivity index (χ2n) is 4.21. The number of aryl methyl sites for hydroxylation is 2. The molecule has 2 aromatic rings. The zero-order valence-corrected chi connectivity index (χ0v) is 8.59. The second-order valence-corrected chi connectivity index (χ2v) is 4.21. The van der Waals surface area contributed by atoms with E-state index in [0.29, 0.717) is 0 Å². The minimum atomic E-state index is 1.26. The van der Waals surface area contributed by atoms with Crippen LogP contribution in [0.2, 0.25) is 0 Å². The Morgan fingerprint density at radius 1 is 1.07 bits per heavy atom. The van der Waals surface area contributed by atoms with Crippen LogP contribution in [-0.2, 0) is 19.9 Å². The molecular formula is C13H15N. The molecule has 1 aromatic heterocycles. The highest BCUT2D eigenvalue weighted by atomic mass is 14.9. The lowest BCUT2D eigenvalue weighted by Gasteiger charge is -2.12. The van der Waals surface area contributed by atoms with Gasteiger partial charge in [-0.05, 0) is 37.3 Å². The van der Waals surface area contributed by atoms with Crippen molar-refractivity contribution >= 4 is 10.9 Å². The van der Waals surface area contributed by atoms with Gasteiger partial charge in [-0.15, -0.1) is 0 Å². The molecule has 14 heavy (non-hydrogen) atoms. The Morgan fingerprint density at radius 3 is 2.79 bits per heavy atom. The van der Waals surface area contributed by atoms with Gasteiger partial charge in [-0.1, -0.05) is 18.2 Å². The van der Waals surface area contributed by atoms with E-state index in [1.807, 2.05) is 0 Å². The zero-order valence-electron chi connectivity index (χ0n) is 8.59. The number of benzene rings is 1. The molecule has 0 atom stereocenters. The van der Waals surface area contributed by atoms with E-state index in [2.05, 4.69) is 35.9 Å². The van der Waals surface area contributed by atoms with Gasteiger partial charge in [-0.3, -0.25) is 0 Å². The molecule has 0 radical (unpaired) electrons. The van der Waals surface area contributed by atoms with Gasteiger partial charge in [0.05, 0.1) is 0 Å². The van der Waals surface area contributed by atoms with Crippen LogP contribution >= 0.6 is 0 Å². The topological polar surface area (TPSA) is 4.93 Å². The van der Waals surface area contributed by atoms with E-state index in [4.69, 9.17) is 0 Å². The number of hydrogen-bond donors (Lipinski definition) is 0.